The molecule has 3 aromatic rings. The Morgan fingerprint density at radius 2 is 1.82 bits per heavy atom. The maximum atomic E-state index is 14.0. The van der Waals surface area contributed by atoms with Crippen LogP contribution < -0.4 is 14.8 Å². The van der Waals surface area contributed by atoms with Gasteiger partial charge >= 0.3 is 6.18 Å². The van der Waals surface area contributed by atoms with Crippen LogP contribution in [-0.4, -0.2) is 71.3 Å². The number of methoxy groups -OCH3 is 1. The zero-order valence-electron chi connectivity index (χ0n) is 24.5. The Balaban J connectivity index is 1.16. The third-order valence-corrected chi connectivity index (χ3v) is 9.20. The largest absolute Gasteiger partial charge is 0.495 e. The Hall–Kier alpha value is -4.39. The molecule has 0 radical (unpaired) electrons. The fourth-order valence-electron chi connectivity index (χ4n) is 6.36. The Kier molecular flexibility index (Phi) is 6.50. The molecule has 1 saturated heterocycles. The minimum absolute atomic E-state index is 0.0159. The van der Waals surface area contributed by atoms with E-state index >= 15 is 0 Å². The lowest BCUT2D eigenvalue weighted by Gasteiger charge is -2.35. The van der Waals surface area contributed by atoms with Gasteiger partial charge in [0.25, 0.3) is 5.91 Å². The molecule has 0 unspecified atom stereocenters. The molecule has 1 aromatic heterocycles. The minimum Gasteiger partial charge on any atom is -0.495 e. The molecule has 230 valence electrons. The van der Waals surface area contributed by atoms with Crippen molar-refractivity contribution in [1.29, 1.82) is 0 Å². The quantitative estimate of drug-likeness (QED) is 0.380. The van der Waals surface area contributed by atoms with E-state index in [1.807, 2.05) is 12.1 Å². The molecule has 3 aliphatic heterocycles. The molecule has 13 heteroatoms. The van der Waals surface area contributed by atoms with Gasteiger partial charge in [-0.15, -0.1) is 0 Å². The van der Waals surface area contributed by atoms with E-state index in [1.165, 1.54) is 13.2 Å². The number of anilines is 2. The average Bonchev–Trinajstić information content (AvgIpc) is 3.66. The topological polar surface area (TPSA) is 101 Å². The Morgan fingerprint density at radius 1 is 1.05 bits per heavy atom. The average molecular weight is 609 g/mol. The van der Waals surface area contributed by atoms with Crippen molar-refractivity contribution in [3.63, 3.8) is 0 Å². The number of hydrogen-bond acceptors (Lipinski definition) is 9. The zero-order valence-corrected chi connectivity index (χ0v) is 24.5. The van der Waals surface area contributed by atoms with E-state index in [0.717, 1.165) is 55.6 Å². The van der Waals surface area contributed by atoms with Crippen molar-refractivity contribution >= 4 is 23.3 Å². The van der Waals surface area contributed by atoms with Crippen LogP contribution in [0.3, 0.4) is 0 Å². The van der Waals surface area contributed by atoms with Gasteiger partial charge in [-0.25, -0.2) is 4.98 Å². The van der Waals surface area contributed by atoms with Crippen LogP contribution in [0.5, 0.6) is 17.4 Å². The summed E-state index contributed by atoms with van der Waals surface area (Å²) in [5.74, 6) is -0.711. The third kappa shape index (κ3) is 4.70. The van der Waals surface area contributed by atoms with Crippen LogP contribution in [0.25, 0.3) is 0 Å². The molecule has 0 atom stereocenters. The van der Waals surface area contributed by atoms with Gasteiger partial charge in [-0.2, -0.15) is 18.2 Å². The lowest BCUT2D eigenvalue weighted by molar-refractivity contribution is -0.139. The number of oxime groups is 1. The number of aromatic nitrogens is 2. The van der Waals surface area contributed by atoms with Crippen molar-refractivity contribution in [1.82, 2.24) is 19.8 Å². The van der Waals surface area contributed by atoms with Crippen LogP contribution in [-0.2, 0) is 16.6 Å². The minimum atomic E-state index is -4.79. The van der Waals surface area contributed by atoms with E-state index in [4.69, 9.17) is 14.3 Å². The normalized spacial score (nSPS) is 20.0. The first-order valence-electron chi connectivity index (χ1n) is 14.4. The highest BCUT2D eigenvalue weighted by Crippen LogP contribution is 2.57. The van der Waals surface area contributed by atoms with Gasteiger partial charge in [0, 0.05) is 51.2 Å². The highest BCUT2D eigenvalue weighted by molar-refractivity contribution is 6.03. The second kappa shape index (κ2) is 10.1. The van der Waals surface area contributed by atoms with Crippen LogP contribution in [0.1, 0.15) is 59.2 Å². The van der Waals surface area contributed by atoms with Crippen LogP contribution >= 0.6 is 0 Å². The number of benzene rings is 2. The number of rotatable bonds is 6. The zero-order chi connectivity index (χ0) is 30.9. The summed E-state index contributed by atoms with van der Waals surface area (Å²) < 4.78 is 53.4. The molecular formula is C31H31F3N6O4. The second-order valence-electron chi connectivity index (χ2n) is 11.9. The Labute approximate surface area is 251 Å². The van der Waals surface area contributed by atoms with Crippen molar-refractivity contribution in [2.45, 2.75) is 49.4 Å². The highest BCUT2D eigenvalue weighted by Gasteiger charge is 2.57. The summed E-state index contributed by atoms with van der Waals surface area (Å²) in [6.07, 6.45) is -0.0838. The van der Waals surface area contributed by atoms with Crippen LogP contribution in [0.4, 0.5) is 24.8 Å². The molecule has 0 bridgehead atoms. The molecule has 1 aliphatic carbocycles. The lowest BCUT2D eigenvalue weighted by Crippen LogP contribution is -2.42. The maximum absolute atomic E-state index is 14.0. The number of piperidine rings is 1. The Bertz CT molecular complexity index is 1680. The summed E-state index contributed by atoms with van der Waals surface area (Å²) in [6.45, 7) is 1.88. The summed E-state index contributed by atoms with van der Waals surface area (Å²) in [6, 6.07) is 10.3. The number of ether oxygens (including phenoxy) is 2. The smallest absolute Gasteiger partial charge is 0.423 e. The van der Waals surface area contributed by atoms with Crippen molar-refractivity contribution in [3.05, 3.63) is 64.8 Å². The van der Waals surface area contributed by atoms with E-state index in [9.17, 15) is 18.0 Å². The number of amides is 1. The van der Waals surface area contributed by atoms with Crippen molar-refractivity contribution < 1.29 is 32.3 Å². The molecule has 2 spiro atoms. The molecule has 1 saturated carbocycles. The van der Waals surface area contributed by atoms with E-state index in [-0.39, 0.29) is 28.8 Å². The Morgan fingerprint density at radius 3 is 2.52 bits per heavy atom. The van der Waals surface area contributed by atoms with E-state index in [0.29, 0.717) is 24.1 Å². The van der Waals surface area contributed by atoms with E-state index in [1.54, 1.807) is 30.1 Å². The van der Waals surface area contributed by atoms with Gasteiger partial charge in [-0.1, -0.05) is 23.4 Å². The fraction of sp³-hybridized carbons (Fsp3) is 0.419. The summed E-state index contributed by atoms with van der Waals surface area (Å²) in [5, 5.41) is 7.33. The molecule has 2 fully saturated rings. The van der Waals surface area contributed by atoms with Crippen LogP contribution in [0, 0.1) is 0 Å². The molecule has 44 heavy (non-hydrogen) atoms. The number of nitrogens with one attached hydrogen (secondary N) is 1. The number of carbonyl (C=O) groups excluding carboxylic acids is 1. The van der Waals surface area contributed by atoms with Gasteiger partial charge in [0.15, 0.2) is 0 Å². The van der Waals surface area contributed by atoms with Gasteiger partial charge in [0.05, 0.1) is 29.6 Å². The van der Waals surface area contributed by atoms with Gasteiger partial charge < -0.3 is 29.4 Å². The first-order valence-corrected chi connectivity index (χ1v) is 14.4. The van der Waals surface area contributed by atoms with Crippen molar-refractivity contribution in [2.75, 3.05) is 39.6 Å². The SMILES string of the molecule is COc1cc(C2=NOC3(CCN(C)CC3)C2)ccc1Nc1ncc(C(F)(F)F)c(Oc2cccc3c2C(=O)N(C)C32CC2)n1. The number of likely N-dealkylation sites (tertiary alicyclic amines) is 1. The van der Waals surface area contributed by atoms with Gasteiger partial charge in [0.2, 0.25) is 11.8 Å². The molecule has 4 heterocycles. The highest BCUT2D eigenvalue weighted by atomic mass is 19.4. The lowest BCUT2D eigenvalue weighted by atomic mass is 9.85. The predicted octanol–water partition coefficient (Wildman–Crippen LogP) is 5.70. The molecule has 1 N–H and O–H groups in total. The van der Waals surface area contributed by atoms with Gasteiger partial charge in [-0.3, -0.25) is 4.79 Å². The summed E-state index contributed by atoms with van der Waals surface area (Å²) in [7, 11) is 5.28. The molecule has 4 aliphatic rings. The fourth-order valence-corrected chi connectivity index (χ4v) is 6.36. The van der Waals surface area contributed by atoms with E-state index in [2.05, 4.69) is 32.4 Å². The molecule has 2 aromatic carbocycles. The number of halogens is 3. The summed E-state index contributed by atoms with van der Waals surface area (Å²) in [5.41, 5.74) is 1.21. The second-order valence-corrected chi connectivity index (χ2v) is 11.9. The number of nitrogens with zero attached hydrogens (tertiary/aromatic N) is 5. The van der Waals surface area contributed by atoms with Gasteiger partial charge in [-0.05, 0) is 43.7 Å². The van der Waals surface area contributed by atoms with Crippen LogP contribution in [0.15, 0.2) is 47.8 Å². The van der Waals surface area contributed by atoms with E-state index < -0.39 is 23.2 Å². The number of alkyl halides is 3. The van der Waals surface area contributed by atoms with Gasteiger partial charge in [0.1, 0.15) is 22.7 Å². The molecule has 7 rings (SSSR count). The first-order chi connectivity index (χ1) is 21.0. The standard InChI is InChI=1S/C31H31F3N6O4/c1-39-13-11-29(12-14-39)16-22(38-44-29)18-7-8-21(24(15-18)42-3)36-28-35-17-20(31(32,33)34)26(37-28)43-23-6-4-5-19-25(23)27(41)40(2)30(19)9-10-30/h4-8,15,17H,9-14,16H2,1-3H3,(H,35,36,37). The number of fused-ring (bicyclic) bond motifs is 2. The van der Waals surface area contributed by atoms with Crippen molar-refractivity contribution in [3.8, 4) is 17.4 Å². The predicted molar refractivity (Wildman–Crippen MR) is 155 cm³/mol. The van der Waals surface area contributed by atoms with Crippen molar-refractivity contribution in [2.24, 2.45) is 5.16 Å². The summed E-state index contributed by atoms with van der Waals surface area (Å²) in [4.78, 5) is 30.9. The maximum Gasteiger partial charge on any atom is 0.423 e. The summed E-state index contributed by atoms with van der Waals surface area (Å²) >= 11 is 0. The number of hydrogen-bond donors (Lipinski definition) is 1. The molecule has 10 nitrogen and oxygen atoms in total. The first kappa shape index (κ1) is 28.4. The number of carbonyl (C=O) groups is 1. The molecule has 1 amide bonds. The molecular weight excluding hydrogens is 577 g/mol. The monoisotopic (exact) mass is 608 g/mol. The van der Waals surface area contributed by atoms with Crippen LogP contribution in [0.2, 0.25) is 0 Å². The third-order valence-electron chi connectivity index (χ3n) is 9.20.